The van der Waals surface area contributed by atoms with Crippen molar-refractivity contribution in [1.82, 2.24) is 5.43 Å². The van der Waals surface area contributed by atoms with Crippen molar-refractivity contribution in [2.75, 3.05) is 5.73 Å². The van der Waals surface area contributed by atoms with Gasteiger partial charge in [-0.2, -0.15) is 0 Å². The van der Waals surface area contributed by atoms with E-state index in [0.717, 1.165) is 22.6 Å². The number of benzene rings is 1. The van der Waals surface area contributed by atoms with Gasteiger partial charge in [0, 0.05) is 10.6 Å². The molecule has 1 aromatic carbocycles. The summed E-state index contributed by atoms with van der Waals surface area (Å²) in [5.74, 6) is 4.97. The van der Waals surface area contributed by atoms with Crippen LogP contribution in [0.25, 0.3) is 0 Å². The number of nitrogen functional groups attached to an aromatic ring is 1. The lowest BCUT2D eigenvalue weighted by Gasteiger charge is -2.14. The third-order valence-corrected chi connectivity index (χ3v) is 3.93. The molecule has 0 bridgehead atoms. The number of amides is 1. The molecule has 0 radical (unpaired) electrons. The highest BCUT2D eigenvalue weighted by molar-refractivity contribution is 8.00. The van der Waals surface area contributed by atoms with Crippen LogP contribution in [0.1, 0.15) is 18.9 Å². The molecule has 1 atom stereocenters. The van der Waals surface area contributed by atoms with Crippen molar-refractivity contribution in [3.05, 3.63) is 23.8 Å². The van der Waals surface area contributed by atoms with Crippen LogP contribution < -0.4 is 17.0 Å². The first kappa shape index (κ1) is 12.9. The minimum Gasteiger partial charge on any atom is -0.398 e. The summed E-state index contributed by atoms with van der Waals surface area (Å²) in [6.45, 7) is 3.90. The van der Waals surface area contributed by atoms with Crippen molar-refractivity contribution >= 4 is 23.4 Å². The largest absolute Gasteiger partial charge is 0.398 e. The van der Waals surface area contributed by atoms with Gasteiger partial charge in [0.15, 0.2) is 0 Å². The van der Waals surface area contributed by atoms with Crippen molar-refractivity contribution in [2.45, 2.75) is 30.4 Å². The molecule has 1 unspecified atom stereocenters. The van der Waals surface area contributed by atoms with Crippen LogP contribution in [-0.4, -0.2) is 11.2 Å². The van der Waals surface area contributed by atoms with Crippen LogP contribution in [-0.2, 0) is 4.79 Å². The molecule has 4 nitrogen and oxygen atoms in total. The number of thioether (sulfide) groups is 1. The Morgan fingerprint density at radius 2 is 2.25 bits per heavy atom. The highest BCUT2D eigenvalue weighted by atomic mass is 32.2. The van der Waals surface area contributed by atoms with Gasteiger partial charge >= 0.3 is 0 Å². The van der Waals surface area contributed by atoms with Gasteiger partial charge in [0.05, 0.1) is 5.25 Å². The van der Waals surface area contributed by atoms with Gasteiger partial charge in [0.2, 0.25) is 5.91 Å². The third-order valence-electron chi connectivity index (χ3n) is 2.40. The van der Waals surface area contributed by atoms with Gasteiger partial charge in [-0.15, -0.1) is 11.8 Å². The summed E-state index contributed by atoms with van der Waals surface area (Å²) in [6, 6.07) is 5.70. The normalized spacial score (nSPS) is 12.2. The maximum Gasteiger partial charge on any atom is 0.247 e. The summed E-state index contributed by atoms with van der Waals surface area (Å²) in [7, 11) is 0. The second-order valence-electron chi connectivity index (χ2n) is 3.49. The molecule has 16 heavy (non-hydrogen) atoms. The molecule has 0 fully saturated rings. The molecule has 0 aliphatic carbocycles. The van der Waals surface area contributed by atoms with Crippen molar-refractivity contribution in [3.8, 4) is 0 Å². The molecular formula is C11H17N3OS. The van der Waals surface area contributed by atoms with E-state index in [1.54, 1.807) is 0 Å². The molecule has 1 aromatic rings. The average Bonchev–Trinajstić information content (AvgIpc) is 2.30. The molecule has 0 heterocycles. The maximum atomic E-state index is 11.5. The van der Waals surface area contributed by atoms with Crippen LogP contribution in [0.4, 0.5) is 5.69 Å². The molecule has 0 saturated heterocycles. The second-order valence-corrected chi connectivity index (χ2v) is 4.74. The zero-order valence-electron chi connectivity index (χ0n) is 9.49. The fourth-order valence-electron chi connectivity index (χ4n) is 1.33. The molecule has 0 aromatic heterocycles. The van der Waals surface area contributed by atoms with Gasteiger partial charge in [-0.1, -0.05) is 13.0 Å². The van der Waals surface area contributed by atoms with Gasteiger partial charge in [-0.05, 0) is 31.0 Å². The van der Waals surface area contributed by atoms with Gasteiger partial charge < -0.3 is 5.73 Å². The predicted molar refractivity (Wildman–Crippen MR) is 67.9 cm³/mol. The standard InChI is InChI=1S/C11H17N3OS/c1-3-9(11(15)14-13)16-10-6-4-5-8(12)7(10)2/h4-6,9H,3,12-13H2,1-2H3,(H,14,15). The van der Waals surface area contributed by atoms with Gasteiger partial charge in [0.25, 0.3) is 0 Å². The Balaban J connectivity index is 2.86. The summed E-state index contributed by atoms with van der Waals surface area (Å²) in [5, 5.41) is -0.175. The summed E-state index contributed by atoms with van der Waals surface area (Å²) in [5.41, 5.74) is 9.74. The topological polar surface area (TPSA) is 81.1 Å². The van der Waals surface area contributed by atoms with Crippen molar-refractivity contribution < 1.29 is 4.79 Å². The summed E-state index contributed by atoms with van der Waals surface area (Å²) >= 11 is 1.49. The van der Waals surface area contributed by atoms with Crippen LogP contribution in [0, 0.1) is 6.92 Å². The quantitative estimate of drug-likeness (QED) is 0.244. The van der Waals surface area contributed by atoms with Gasteiger partial charge in [-0.3, -0.25) is 10.2 Å². The van der Waals surface area contributed by atoms with Gasteiger partial charge in [-0.25, -0.2) is 5.84 Å². The molecule has 5 heteroatoms. The SMILES string of the molecule is CCC(Sc1cccc(N)c1C)C(=O)NN. The lowest BCUT2D eigenvalue weighted by molar-refractivity contribution is -0.120. The zero-order valence-corrected chi connectivity index (χ0v) is 10.3. The minimum atomic E-state index is -0.175. The fourth-order valence-corrected chi connectivity index (χ4v) is 2.43. The van der Waals surface area contributed by atoms with Gasteiger partial charge in [0.1, 0.15) is 0 Å². The maximum absolute atomic E-state index is 11.5. The zero-order chi connectivity index (χ0) is 12.1. The Morgan fingerprint density at radius 3 is 2.81 bits per heavy atom. The Morgan fingerprint density at radius 1 is 1.56 bits per heavy atom. The Bertz CT molecular complexity index is 381. The number of rotatable bonds is 4. The van der Waals surface area contributed by atoms with E-state index in [0.29, 0.717) is 0 Å². The predicted octanol–water partition coefficient (Wildman–Crippen LogP) is 1.44. The average molecular weight is 239 g/mol. The van der Waals surface area contributed by atoms with E-state index in [-0.39, 0.29) is 11.2 Å². The monoisotopic (exact) mass is 239 g/mol. The smallest absolute Gasteiger partial charge is 0.247 e. The molecule has 0 saturated carbocycles. The lowest BCUT2D eigenvalue weighted by atomic mass is 10.2. The molecule has 0 aliphatic heterocycles. The first-order valence-electron chi connectivity index (χ1n) is 5.12. The third kappa shape index (κ3) is 2.90. The lowest BCUT2D eigenvalue weighted by Crippen LogP contribution is -2.37. The highest BCUT2D eigenvalue weighted by Crippen LogP contribution is 2.30. The van der Waals surface area contributed by atoms with E-state index < -0.39 is 0 Å². The summed E-state index contributed by atoms with van der Waals surface area (Å²) in [6.07, 6.45) is 0.724. The van der Waals surface area contributed by atoms with Crippen molar-refractivity contribution in [1.29, 1.82) is 0 Å². The second kappa shape index (κ2) is 5.77. The first-order valence-corrected chi connectivity index (χ1v) is 6.00. The summed E-state index contributed by atoms with van der Waals surface area (Å²) < 4.78 is 0. The Labute approximate surface area is 99.7 Å². The first-order chi connectivity index (χ1) is 7.60. The molecule has 88 valence electrons. The van der Waals surface area contributed by atoms with Crippen LogP contribution in [0.5, 0.6) is 0 Å². The van der Waals surface area contributed by atoms with E-state index >= 15 is 0 Å². The van der Waals surface area contributed by atoms with E-state index in [9.17, 15) is 4.79 Å². The number of nitrogens with two attached hydrogens (primary N) is 2. The molecule has 0 spiro atoms. The molecular weight excluding hydrogens is 222 g/mol. The Hall–Kier alpha value is -1.20. The van der Waals surface area contributed by atoms with Crippen LogP contribution >= 0.6 is 11.8 Å². The molecule has 1 rings (SSSR count). The van der Waals surface area contributed by atoms with E-state index in [2.05, 4.69) is 5.43 Å². The van der Waals surface area contributed by atoms with Crippen molar-refractivity contribution in [2.24, 2.45) is 5.84 Å². The molecule has 0 aliphatic rings. The van der Waals surface area contributed by atoms with E-state index in [1.165, 1.54) is 11.8 Å². The Kier molecular flexibility index (Phi) is 4.64. The van der Waals surface area contributed by atoms with Crippen LogP contribution in [0.15, 0.2) is 23.1 Å². The number of nitrogens with one attached hydrogen (secondary N) is 1. The van der Waals surface area contributed by atoms with E-state index in [4.69, 9.17) is 11.6 Å². The van der Waals surface area contributed by atoms with Crippen molar-refractivity contribution in [3.63, 3.8) is 0 Å². The summed E-state index contributed by atoms with van der Waals surface area (Å²) in [4.78, 5) is 12.5. The number of carbonyl (C=O) groups is 1. The minimum absolute atomic E-state index is 0.158. The fraction of sp³-hybridized carbons (Fsp3) is 0.364. The van der Waals surface area contributed by atoms with Crippen LogP contribution in [0.2, 0.25) is 0 Å². The van der Waals surface area contributed by atoms with Crippen LogP contribution in [0.3, 0.4) is 0 Å². The number of hydrazine groups is 1. The number of hydrogen-bond donors (Lipinski definition) is 3. The molecule has 5 N–H and O–H groups in total. The number of anilines is 1. The number of carbonyl (C=O) groups excluding carboxylic acids is 1. The molecule has 1 amide bonds. The number of hydrogen-bond acceptors (Lipinski definition) is 4. The highest BCUT2D eigenvalue weighted by Gasteiger charge is 2.17. The van der Waals surface area contributed by atoms with E-state index in [1.807, 2.05) is 32.0 Å².